The molecule has 0 bridgehead atoms. The standard InChI is InChI=1S/C15H23N3O.2ClH/c1-16-9-5-8-15(19)18-11-10-17(2)12-13-6-3-4-7-14(13)18;;/h3-4,6-7,16H,5,8-12H2,1-2H3;2*1H. The van der Waals surface area contributed by atoms with Gasteiger partial charge in [-0.25, -0.2) is 0 Å². The summed E-state index contributed by atoms with van der Waals surface area (Å²) in [5.41, 5.74) is 2.32. The Kier molecular flexibility index (Phi) is 9.62. The molecule has 6 heteroatoms. The van der Waals surface area contributed by atoms with Crippen LogP contribution < -0.4 is 10.2 Å². The summed E-state index contributed by atoms with van der Waals surface area (Å²) in [7, 11) is 4.02. The second-order valence-electron chi connectivity index (χ2n) is 5.12. The molecule has 0 fully saturated rings. The Hall–Kier alpha value is -0.810. The van der Waals surface area contributed by atoms with Crippen LogP contribution in [0.4, 0.5) is 5.69 Å². The van der Waals surface area contributed by atoms with Crippen molar-refractivity contribution in [1.29, 1.82) is 0 Å². The van der Waals surface area contributed by atoms with Crippen molar-refractivity contribution in [3.8, 4) is 0 Å². The number of halogens is 2. The number of fused-ring (bicyclic) bond motifs is 1. The molecule has 0 atom stereocenters. The summed E-state index contributed by atoms with van der Waals surface area (Å²) in [5, 5.41) is 3.09. The van der Waals surface area contributed by atoms with E-state index in [9.17, 15) is 4.79 Å². The molecule has 0 saturated heterocycles. The van der Waals surface area contributed by atoms with Crippen LogP contribution >= 0.6 is 24.8 Å². The van der Waals surface area contributed by atoms with Gasteiger partial charge in [-0.1, -0.05) is 18.2 Å². The minimum Gasteiger partial charge on any atom is -0.320 e. The van der Waals surface area contributed by atoms with Crippen molar-refractivity contribution in [2.75, 3.05) is 38.6 Å². The van der Waals surface area contributed by atoms with Crippen LogP contribution in [0.1, 0.15) is 18.4 Å². The minimum atomic E-state index is 0. The highest BCUT2D eigenvalue weighted by molar-refractivity contribution is 5.94. The Morgan fingerprint density at radius 2 is 1.95 bits per heavy atom. The normalized spacial score (nSPS) is 14.5. The van der Waals surface area contributed by atoms with Crippen LogP contribution in [0.2, 0.25) is 0 Å². The fraction of sp³-hybridized carbons (Fsp3) is 0.533. The lowest BCUT2D eigenvalue weighted by Crippen LogP contribution is -2.35. The maximum absolute atomic E-state index is 12.4. The van der Waals surface area contributed by atoms with Gasteiger partial charge >= 0.3 is 0 Å². The van der Waals surface area contributed by atoms with E-state index in [4.69, 9.17) is 0 Å². The molecule has 2 rings (SSSR count). The third kappa shape index (κ3) is 5.47. The Bertz CT molecular complexity index is 443. The van der Waals surface area contributed by atoms with Crippen LogP contribution in [-0.4, -0.2) is 44.5 Å². The molecule has 0 aliphatic carbocycles. The number of hydrogen-bond acceptors (Lipinski definition) is 3. The van der Waals surface area contributed by atoms with Gasteiger partial charge in [0.1, 0.15) is 0 Å². The van der Waals surface area contributed by atoms with Crippen LogP contribution in [0.3, 0.4) is 0 Å². The highest BCUT2D eigenvalue weighted by Gasteiger charge is 2.21. The van der Waals surface area contributed by atoms with Crippen molar-refractivity contribution in [2.45, 2.75) is 19.4 Å². The van der Waals surface area contributed by atoms with Crippen LogP contribution in [-0.2, 0) is 11.3 Å². The summed E-state index contributed by atoms with van der Waals surface area (Å²) in [6.07, 6.45) is 1.50. The lowest BCUT2D eigenvalue weighted by molar-refractivity contribution is -0.118. The molecule has 1 heterocycles. The fourth-order valence-electron chi connectivity index (χ4n) is 2.48. The van der Waals surface area contributed by atoms with Gasteiger partial charge < -0.3 is 15.1 Å². The van der Waals surface area contributed by atoms with Crippen molar-refractivity contribution in [3.63, 3.8) is 0 Å². The highest BCUT2D eigenvalue weighted by Crippen LogP contribution is 2.25. The molecule has 0 radical (unpaired) electrons. The molecule has 21 heavy (non-hydrogen) atoms. The van der Waals surface area contributed by atoms with E-state index < -0.39 is 0 Å². The SMILES string of the molecule is CNCCCC(=O)N1CCN(C)Cc2ccccc21.Cl.Cl. The summed E-state index contributed by atoms with van der Waals surface area (Å²) in [4.78, 5) is 16.6. The molecule has 1 aromatic carbocycles. The van der Waals surface area contributed by atoms with Gasteiger partial charge in [-0.2, -0.15) is 0 Å². The van der Waals surface area contributed by atoms with Gasteiger partial charge in [-0.3, -0.25) is 4.79 Å². The average molecular weight is 334 g/mol. The Balaban J connectivity index is 0.00000200. The van der Waals surface area contributed by atoms with E-state index in [2.05, 4.69) is 29.4 Å². The zero-order valence-electron chi connectivity index (χ0n) is 12.7. The van der Waals surface area contributed by atoms with Gasteiger partial charge in [0.25, 0.3) is 0 Å². The van der Waals surface area contributed by atoms with E-state index in [1.54, 1.807) is 0 Å². The number of benzene rings is 1. The number of anilines is 1. The van der Waals surface area contributed by atoms with Crippen LogP contribution in [0.25, 0.3) is 0 Å². The van der Waals surface area contributed by atoms with Crippen molar-refractivity contribution in [3.05, 3.63) is 29.8 Å². The van der Waals surface area contributed by atoms with Crippen molar-refractivity contribution < 1.29 is 4.79 Å². The van der Waals surface area contributed by atoms with Crippen LogP contribution in [0.15, 0.2) is 24.3 Å². The first-order valence-corrected chi connectivity index (χ1v) is 6.94. The van der Waals surface area contributed by atoms with E-state index in [0.717, 1.165) is 38.3 Å². The van der Waals surface area contributed by atoms with Crippen molar-refractivity contribution in [1.82, 2.24) is 10.2 Å². The third-order valence-electron chi connectivity index (χ3n) is 3.55. The molecule has 1 aromatic rings. The predicted octanol–water partition coefficient (Wildman–Crippen LogP) is 2.31. The fourth-order valence-corrected chi connectivity index (χ4v) is 2.48. The number of likely N-dealkylation sites (N-methyl/N-ethyl adjacent to an activating group) is 1. The first-order valence-electron chi connectivity index (χ1n) is 6.94. The summed E-state index contributed by atoms with van der Waals surface area (Å²) < 4.78 is 0. The minimum absolute atomic E-state index is 0. The zero-order chi connectivity index (χ0) is 13.7. The number of carbonyl (C=O) groups excluding carboxylic acids is 1. The second-order valence-corrected chi connectivity index (χ2v) is 5.12. The zero-order valence-corrected chi connectivity index (χ0v) is 14.3. The third-order valence-corrected chi connectivity index (χ3v) is 3.55. The molecule has 0 saturated carbocycles. The molecule has 1 amide bonds. The molecule has 1 aliphatic rings. The van der Waals surface area contributed by atoms with Crippen molar-refractivity contribution in [2.24, 2.45) is 0 Å². The lowest BCUT2D eigenvalue weighted by atomic mass is 10.1. The van der Waals surface area contributed by atoms with E-state index in [0.29, 0.717) is 6.42 Å². The first kappa shape index (κ1) is 20.2. The summed E-state index contributed by atoms with van der Waals surface area (Å²) in [5.74, 6) is 0.234. The quantitative estimate of drug-likeness (QED) is 0.859. The summed E-state index contributed by atoms with van der Waals surface area (Å²) in [6.45, 7) is 3.51. The monoisotopic (exact) mass is 333 g/mol. The maximum atomic E-state index is 12.4. The molecule has 0 aromatic heterocycles. The van der Waals surface area contributed by atoms with Crippen molar-refractivity contribution >= 4 is 36.4 Å². The van der Waals surface area contributed by atoms with Gasteiger partial charge in [0, 0.05) is 31.7 Å². The smallest absolute Gasteiger partial charge is 0.227 e. The van der Waals surface area contributed by atoms with E-state index in [1.165, 1.54) is 5.56 Å². The van der Waals surface area contributed by atoms with E-state index >= 15 is 0 Å². The molecular formula is C15H25Cl2N3O. The summed E-state index contributed by atoms with van der Waals surface area (Å²) >= 11 is 0. The Morgan fingerprint density at radius 3 is 2.67 bits per heavy atom. The number of hydrogen-bond donors (Lipinski definition) is 1. The second kappa shape index (κ2) is 10.0. The topological polar surface area (TPSA) is 35.6 Å². The van der Waals surface area contributed by atoms with Gasteiger partial charge in [0.05, 0.1) is 0 Å². The number of rotatable bonds is 4. The number of para-hydroxylation sites is 1. The van der Waals surface area contributed by atoms with E-state index in [-0.39, 0.29) is 30.7 Å². The Labute approximate surface area is 139 Å². The van der Waals surface area contributed by atoms with Gasteiger partial charge in [0.2, 0.25) is 5.91 Å². The number of carbonyl (C=O) groups is 1. The number of nitrogens with one attached hydrogen (secondary N) is 1. The van der Waals surface area contributed by atoms with Gasteiger partial charge in [0.15, 0.2) is 0 Å². The highest BCUT2D eigenvalue weighted by atomic mass is 35.5. The molecule has 0 unspecified atom stereocenters. The van der Waals surface area contributed by atoms with Gasteiger partial charge in [-0.15, -0.1) is 24.8 Å². The van der Waals surface area contributed by atoms with E-state index in [1.807, 2.05) is 24.1 Å². The van der Waals surface area contributed by atoms with Crippen LogP contribution in [0.5, 0.6) is 0 Å². The first-order chi connectivity index (χ1) is 9.22. The molecule has 120 valence electrons. The summed E-state index contributed by atoms with van der Waals surface area (Å²) in [6, 6.07) is 8.23. The Morgan fingerprint density at radius 1 is 1.24 bits per heavy atom. The van der Waals surface area contributed by atoms with Crippen LogP contribution in [0, 0.1) is 0 Å². The molecule has 4 nitrogen and oxygen atoms in total. The average Bonchev–Trinajstić information content (AvgIpc) is 2.57. The van der Waals surface area contributed by atoms with Gasteiger partial charge in [-0.05, 0) is 38.7 Å². The molecular weight excluding hydrogens is 309 g/mol. The predicted molar refractivity (Wildman–Crippen MR) is 92.8 cm³/mol. The molecule has 1 N–H and O–H groups in total. The maximum Gasteiger partial charge on any atom is 0.227 e. The number of amides is 1. The lowest BCUT2D eigenvalue weighted by Gasteiger charge is -2.22. The largest absolute Gasteiger partial charge is 0.320 e. The molecule has 0 spiro atoms. The number of nitrogens with zero attached hydrogens (tertiary/aromatic N) is 2. The molecule has 1 aliphatic heterocycles.